The molecule has 28 heavy (non-hydrogen) atoms. The van der Waals surface area contributed by atoms with Gasteiger partial charge in [0.1, 0.15) is 11.3 Å². The highest BCUT2D eigenvalue weighted by molar-refractivity contribution is 8.00. The Hall–Kier alpha value is -2.80. The summed E-state index contributed by atoms with van der Waals surface area (Å²) in [4.78, 5) is 39.1. The standard InChI is InChI=1S/C21H22N2O4S/c1-13-12-17(20(25)23(13)15-8-4-3-5-9-15)22-19(24)16-10-6-7-11-18(16)28-14(2)21(26)27/h3-11,13-14,17H,12H2,1-2H3,(H,22,24)(H,26,27). The van der Waals surface area contributed by atoms with Crippen LogP contribution in [0.5, 0.6) is 0 Å². The molecule has 3 rings (SSSR count). The van der Waals surface area contributed by atoms with Crippen molar-refractivity contribution in [2.75, 3.05) is 4.90 Å². The molecule has 0 spiro atoms. The maximum Gasteiger partial charge on any atom is 0.316 e. The van der Waals surface area contributed by atoms with Crippen molar-refractivity contribution >= 4 is 35.2 Å². The molecular weight excluding hydrogens is 376 g/mol. The van der Waals surface area contributed by atoms with E-state index in [9.17, 15) is 14.4 Å². The molecular formula is C21H22N2O4S. The second-order valence-electron chi connectivity index (χ2n) is 6.75. The lowest BCUT2D eigenvalue weighted by molar-refractivity contribution is -0.136. The molecule has 3 unspecified atom stereocenters. The summed E-state index contributed by atoms with van der Waals surface area (Å²) in [6, 6.07) is 15.6. The summed E-state index contributed by atoms with van der Waals surface area (Å²) >= 11 is 1.11. The first-order valence-corrected chi connectivity index (χ1v) is 9.94. The molecule has 0 bridgehead atoms. The van der Waals surface area contributed by atoms with Crippen molar-refractivity contribution in [3.05, 3.63) is 60.2 Å². The van der Waals surface area contributed by atoms with Crippen LogP contribution >= 0.6 is 11.8 Å². The third-order valence-electron chi connectivity index (χ3n) is 4.68. The van der Waals surface area contributed by atoms with Crippen molar-refractivity contribution in [1.29, 1.82) is 0 Å². The maximum atomic E-state index is 12.9. The fraction of sp³-hybridized carbons (Fsp3) is 0.286. The first-order chi connectivity index (χ1) is 13.4. The number of carboxylic acid groups (broad SMARTS) is 1. The van der Waals surface area contributed by atoms with Crippen LogP contribution in [-0.4, -0.2) is 40.2 Å². The van der Waals surface area contributed by atoms with E-state index in [0.717, 1.165) is 17.4 Å². The molecule has 2 aromatic rings. The average molecular weight is 398 g/mol. The largest absolute Gasteiger partial charge is 0.480 e. The van der Waals surface area contributed by atoms with Crippen molar-refractivity contribution < 1.29 is 19.5 Å². The van der Waals surface area contributed by atoms with E-state index in [1.807, 2.05) is 37.3 Å². The van der Waals surface area contributed by atoms with E-state index in [4.69, 9.17) is 5.11 Å². The van der Waals surface area contributed by atoms with E-state index < -0.39 is 17.3 Å². The molecule has 0 saturated carbocycles. The van der Waals surface area contributed by atoms with Crippen LogP contribution in [0.1, 0.15) is 30.6 Å². The van der Waals surface area contributed by atoms with E-state index in [2.05, 4.69) is 5.32 Å². The first-order valence-electron chi connectivity index (χ1n) is 9.06. The van der Waals surface area contributed by atoms with Gasteiger partial charge in [-0.2, -0.15) is 0 Å². The summed E-state index contributed by atoms with van der Waals surface area (Å²) in [5, 5.41) is 11.3. The van der Waals surface area contributed by atoms with Crippen LogP contribution in [0.2, 0.25) is 0 Å². The Bertz CT molecular complexity index is 887. The molecule has 146 valence electrons. The Balaban J connectivity index is 1.75. The van der Waals surface area contributed by atoms with Crippen LogP contribution in [0.4, 0.5) is 5.69 Å². The third kappa shape index (κ3) is 4.20. The SMILES string of the molecule is CC(Sc1ccccc1C(=O)NC1CC(C)N(c2ccccc2)C1=O)C(=O)O. The predicted octanol–water partition coefficient (Wildman–Crippen LogP) is 3.18. The van der Waals surface area contributed by atoms with Gasteiger partial charge in [-0.3, -0.25) is 14.4 Å². The Morgan fingerprint density at radius 1 is 1.14 bits per heavy atom. The second kappa shape index (κ2) is 8.48. The number of amides is 2. The van der Waals surface area contributed by atoms with Crippen LogP contribution in [0.15, 0.2) is 59.5 Å². The average Bonchev–Trinajstić information content (AvgIpc) is 2.95. The van der Waals surface area contributed by atoms with Crippen LogP contribution in [0, 0.1) is 0 Å². The van der Waals surface area contributed by atoms with E-state index in [0.29, 0.717) is 16.9 Å². The van der Waals surface area contributed by atoms with Crippen molar-refractivity contribution in [3.63, 3.8) is 0 Å². The number of carboxylic acids is 1. The van der Waals surface area contributed by atoms with Gasteiger partial charge < -0.3 is 15.3 Å². The summed E-state index contributed by atoms with van der Waals surface area (Å²) in [6.45, 7) is 3.52. The normalized spacial score (nSPS) is 20.1. The third-order valence-corrected chi connectivity index (χ3v) is 5.84. The van der Waals surface area contributed by atoms with Crippen LogP contribution in [0.3, 0.4) is 0 Å². The van der Waals surface area contributed by atoms with Gasteiger partial charge >= 0.3 is 5.97 Å². The minimum absolute atomic E-state index is 0.0307. The van der Waals surface area contributed by atoms with Gasteiger partial charge in [0.05, 0.1) is 5.56 Å². The molecule has 1 heterocycles. The van der Waals surface area contributed by atoms with Crippen LogP contribution < -0.4 is 10.2 Å². The first kappa shape index (κ1) is 19.9. The Morgan fingerprint density at radius 2 is 1.79 bits per heavy atom. The van der Waals surface area contributed by atoms with Crippen molar-refractivity contribution in [3.8, 4) is 0 Å². The molecule has 1 aliphatic rings. The summed E-state index contributed by atoms with van der Waals surface area (Å²) < 4.78 is 0. The van der Waals surface area contributed by atoms with Gasteiger partial charge in [0, 0.05) is 16.6 Å². The highest BCUT2D eigenvalue weighted by Gasteiger charge is 2.39. The lowest BCUT2D eigenvalue weighted by Gasteiger charge is -2.21. The highest BCUT2D eigenvalue weighted by Crippen LogP contribution is 2.29. The highest BCUT2D eigenvalue weighted by atomic mass is 32.2. The molecule has 3 atom stereocenters. The van der Waals surface area contributed by atoms with Gasteiger partial charge in [-0.25, -0.2) is 0 Å². The van der Waals surface area contributed by atoms with Crippen LogP contribution in [-0.2, 0) is 9.59 Å². The molecule has 7 heteroatoms. The van der Waals surface area contributed by atoms with Gasteiger partial charge in [-0.1, -0.05) is 30.3 Å². The Morgan fingerprint density at radius 3 is 2.46 bits per heavy atom. The lowest BCUT2D eigenvalue weighted by atomic mass is 10.1. The fourth-order valence-electron chi connectivity index (χ4n) is 3.26. The number of carbonyl (C=O) groups excluding carboxylic acids is 2. The van der Waals surface area contributed by atoms with E-state index >= 15 is 0 Å². The number of hydrogen-bond donors (Lipinski definition) is 2. The zero-order chi connectivity index (χ0) is 20.3. The molecule has 1 aliphatic heterocycles. The van der Waals surface area contributed by atoms with E-state index in [-0.39, 0.29) is 17.9 Å². The minimum Gasteiger partial charge on any atom is -0.480 e. The van der Waals surface area contributed by atoms with E-state index in [1.54, 1.807) is 36.1 Å². The number of nitrogens with one attached hydrogen (secondary N) is 1. The minimum atomic E-state index is -0.946. The maximum absolute atomic E-state index is 12.9. The molecule has 0 aliphatic carbocycles. The quantitative estimate of drug-likeness (QED) is 0.730. The molecule has 2 amide bonds. The smallest absolute Gasteiger partial charge is 0.316 e. The van der Waals surface area contributed by atoms with Gasteiger partial charge in [0.25, 0.3) is 5.91 Å². The van der Waals surface area contributed by atoms with Gasteiger partial charge in [0.2, 0.25) is 5.91 Å². The van der Waals surface area contributed by atoms with Crippen molar-refractivity contribution in [2.24, 2.45) is 0 Å². The zero-order valence-electron chi connectivity index (χ0n) is 15.7. The monoisotopic (exact) mass is 398 g/mol. The number of anilines is 1. The molecule has 0 aromatic heterocycles. The number of para-hydroxylation sites is 1. The van der Waals surface area contributed by atoms with E-state index in [1.165, 1.54) is 0 Å². The molecule has 0 radical (unpaired) electrons. The zero-order valence-corrected chi connectivity index (χ0v) is 16.5. The summed E-state index contributed by atoms with van der Waals surface area (Å²) in [5.41, 5.74) is 1.18. The topological polar surface area (TPSA) is 86.7 Å². The summed E-state index contributed by atoms with van der Waals surface area (Å²) in [7, 11) is 0. The van der Waals surface area contributed by atoms with Gasteiger partial charge in [-0.05, 0) is 44.5 Å². The van der Waals surface area contributed by atoms with Crippen LogP contribution in [0.25, 0.3) is 0 Å². The van der Waals surface area contributed by atoms with Gasteiger partial charge in [-0.15, -0.1) is 11.8 Å². The molecule has 2 aromatic carbocycles. The Kier molecular flexibility index (Phi) is 6.04. The number of nitrogens with zero attached hydrogens (tertiary/aromatic N) is 1. The number of carbonyl (C=O) groups is 3. The summed E-state index contributed by atoms with van der Waals surface area (Å²) in [6.07, 6.45) is 0.514. The number of rotatable bonds is 6. The summed E-state index contributed by atoms with van der Waals surface area (Å²) in [5.74, 6) is -1.46. The fourth-order valence-corrected chi connectivity index (χ4v) is 4.18. The number of thioether (sulfide) groups is 1. The number of hydrogen-bond acceptors (Lipinski definition) is 4. The predicted molar refractivity (Wildman–Crippen MR) is 109 cm³/mol. The van der Waals surface area contributed by atoms with Crippen molar-refractivity contribution in [2.45, 2.75) is 42.5 Å². The number of benzene rings is 2. The lowest BCUT2D eigenvalue weighted by Crippen LogP contribution is -2.42. The van der Waals surface area contributed by atoms with Gasteiger partial charge in [0.15, 0.2) is 0 Å². The molecule has 6 nitrogen and oxygen atoms in total. The second-order valence-corrected chi connectivity index (χ2v) is 8.13. The molecule has 1 saturated heterocycles. The number of aliphatic carboxylic acids is 1. The molecule has 1 fully saturated rings. The molecule has 2 N–H and O–H groups in total. The van der Waals surface area contributed by atoms with Crippen molar-refractivity contribution in [1.82, 2.24) is 5.32 Å². The Labute approximate surface area is 167 Å².